The van der Waals surface area contributed by atoms with E-state index in [0.29, 0.717) is 44.0 Å². The Hall–Kier alpha value is -2.61. The van der Waals surface area contributed by atoms with Crippen LogP contribution >= 0.6 is 0 Å². The second kappa shape index (κ2) is 6.88. The van der Waals surface area contributed by atoms with Crippen LogP contribution in [0.4, 0.5) is 20.3 Å². The smallest absolute Gasteiger partial charge is 0.274 e. The molecule has 0 radical (unpaired) electrons. The highest BCUT2D eigenvalue weighted by Gasteiger charge is 2.17. The van der Waals surface area contributed by atoms with Crippen LogP contribution in [0.5, 0.6) is 0 Å². The van der Waals surface area contributed by atoms with Crippen molar-refractivity contribution in [2.45, 2.75) is 6.92 Å². The van der Waals surface area contributed by atoms with E-state index in [9.17, 15) is 13.6 Å². The van der Waals surface area contributed by atoms with Gasteiger partial charge in [-0.1, -0.05) is 0 Å². The highest BCUT2D eigenvalue weighted by Crippen LogP contribution is 2.18. The van der Waals surface area contributed by atoms with Gasteiger partial charge in [-0.25, -0.2) is 18.7 Å². The zero-order valence-electron chi connectivity index (χ0n) is 13.1. The fourth-order valence-corrected chi connectivity index (χ4v) is 2.40. The normalized spacial score (nSPS) is 14.5. The van der Waals surface area contributed by atoms with Crippen molar-refractivity contribution in [1.82, 2.24) is 9.97 Å². The predicted molar refractivity (Wildman–Crippen MR) is 84.1 cm³/mol. The van der Waals surface area contributed by atoms with Gasteiger partial charge in [0.15, 0.2) is 0 Å². The van der Waals surface area contributed by atoms with Gasteiger partial charge < -0.3 is 15.0 Å². The monoisotopic (exact) mass is 334 g/mol. The third kappa shape index (κ3) is 3.65. The van der Waals surface area contributed by atoms with E-state index in [1.165, 1.54) is 6.07 Å². The molecule has 1 aliphatic rings. The molecule has 1 aliphatic heterocycles. The lowest BCUT2D eigenvalue weighted by Crippen LogP contribution is -2.37. The molecule has 0 aliphatic carbocycles. The quantitative estimate of drug-likeness (QED) is 0.932. The third-order valence-corrected chi connectivity index (χ3v) is 3.57. The molecule has 0 bridgehead atoms. The number of rotatable bonds is 3. The molecule has 1 amide bonds. The molecule has 24 heavy (non-hydrogen) atoms. The average Bonchev–Trinajstić information content (AvgIpc) is 2.57. The summed E-state index contributed by atoms with van der Waals surface area (Å²) in [5, 5.41) is 2.40. The predicted octanol–water partition coefficient (Wildman–Crippen LogP) is 2.15. The van der Waals surface area contributed by atoms with Gasteiger partial charge in [-0.05, 0) is 19.1 Å². The first kappa shape index (κ1) is 16.3. The van der Waals surface area contributed by atoms with Crippen molar-refractivity contribution in [1.29, 1.82) is 0 Å². The lowest BCUT2D eigenvalue weighted by atomic mass is 10.2. The van der Waals surface area contributed by atoms with Gasteiger partial charge in [0, 0.05) is 25.2 Å². The molecule has 0 unspecified atom stereocenters. The number of ether oxygens (including phenoxy) is 1. The standard InChI is InChI=1S/C16H16F2N4O2/c1-10-19-14(9-15(20-10)22-4-6-24-7-5-22)16(23)21-13-3-2-11(17)8-12(13)18/h2-3,8-9H,4-7H2,1H3,(H,21,23). The van der Waals surface area contributed by atoms with E-state index >= 15 is 0 Å². The number of nitrogens with one attached hydrogen (secondary N) is 1. The number of carbonyl (C=O) groups excluding carboxylic acids is 1. The zero-order valence-corrected chi connectivity index (χ0v) is 13.1. The number of halogens is 2. The molecule has 6 nitrogen and oxygen atoms in total. The number of aromatic nitrogens is 2. The fourth-order valence-electron chi connectivity index (χ4n) is 2.40. The van der Waals surface area contributed by atoms with Gasteiger partial charge in [-0.2, -0.15) is 0 Å². The van der Waals surface area contributed by atoms with Gasteiger partial charge >= 0.3 is 0 Å². The third-order valence-electron chi connectivity index (χ3n) is 3.57. The maximum absolute atomic E-state index is 13.7. The maximum atomic E-state index is 13.7. The molecule has 1 aromatic heterocycles. The summed E-state index contributed by atoms with van der Waals surface area (Å²) in [6, 6.07) is 4.50. The highest BCUT2D eigenvalue weighted by molar-refractivity contribution is 6.03. The second-order valence-electron chi connectivity index (χ2n) is 5.34. The van der Waals surface area contributed by atoms with Crippen molar-refractivity contribution in [3.05, 3.63) is 47.4 Å². The lowest BCUT2D eigenvalue weighted by molar-refractivity contribution is 0.102. The van der Waals surface area contributed by atoms with Gasteiger partial charge in [0.1, 0.15) is 29.0 Å². The van der Waals surface area contributed by atoms with Gasteiger partial charge in [-0.15, -0.1) is 0 Å². The molecule has 1 saturated heterocycles. The number of hydrogen-bond acceptors (Lipinski definition) is 5. The van der Waals surface area contributed by atoms with E-state index < -0.39 is 17.5 Å². The summed E-state index contributed by atoms with van der Waals surface area (Å²) in [5.74, 6) is -1.08. The molecule has 8 heteroatoms. The molecular weight excluding hydrogens is 318 g/mol. The maximum Gasteiger partial charge on any atom is 0.274 e. The van der Waals surface area contributed by atoms with E-state index in [1.54, 1.807) is 13.0 Å². The van der Waals surface area contributed by atoms with Crippen LogP contribution in [0.15, 0.2) is 24.3 Å². The van der Waals surface area contributed by atoms with Gasteiger partial charge in [0.05, 0.1) is 18.9 Å². The van der Waals surface area contributed by atoms with Crippen LogP contribution in [0.3, 0.4) is 0 Å². The molecular formula is C16H16F2N4O2. The van der Waals surface area contributed by atoms with Crippen LogP contribution in [0, 0.1) is 18.6 Å². The number of benzene rings is 1. The van der Waals surface area contributed by atoms with Crippen LogP contribution in [-0.4, -0.2) is 42.2 Å². The summed E-state index contributed by atoms with van der Waals surface area (Å²) in [6.07, 6.45) is 0. The van der Waals surface area contributed by atoms with Crippen molar-refractivity contribution in [2.24, 2.45) is 0 Å². The van der Waals surface area contributed by atoms with E-state index in [4.69, 9.17) is 4.74 Å². The highest BCUT2D eigenvalue weighted by atomic mass is 19.1. The molecule has 3 rings (SSSR count). The Morgan fingerprint density at radius 3 is 2.67 bits per heavy atom. The Labute approximate surface area is 137 Å². The lowest BCUT2D eigenvalue weighted by Gasteiger charge is -2.28. The Morgan fingerprint density at radius 2 is 1.96 bits per heavy atom. The molecule has 1 N–H and O–H groups in total. The van der Waals surface area contributed by atoms with Crippen LogP contribution < -0.4 is 10.2 Å². The zero-order chi connectivity index (χ0) is 17.1. The number of carbonyl (C=O) groups is 1. The first-order valence-corrected chi connectivity index (χ1v) is 7.48. The van der Waals surface area contributed by atoms with Crippen LogP contribution in [0.1, 0.15) is 16.3 Å². The number of amides is 1. The second-order valence-corrected chi connectivity index (χ2v) is 5.34. The van der Waals surface area contributed by atoms with Gasteiger partial charge in [-0.3, -0.25) is 4.79 Å². The molecule has 0 saturated carbocycles. The minimum atomic E-state index is -0.845. The summed E-state index contributed by atoms with van der Waals surface area (Å²) in [6.45, 7) is 4.20. The first-order chi connectivity index (χ1) is 11.5. The first-order valence-electron chi connectivity index (χ1n) is 7.48. The van der Waals surface area contributed by atoms with E-state index in [1.807, 2.05) is 4.90 Å². The van der Waals surface area contributed by atoms with Crippen molar-refractivity contribution < 1.29 is 18.3 Å². The SMILES string of the molecule is Cc1nc(C(=O)Nc2ccc(F)cc2F)cc(N2CCOCC2)n1. The summed E-state index contributed by atoms with van der Waals surface area (Å²) in [5.41, 5.74) is 0.0123. The molecule has 0 atom stereocenters. The average molecular weight is 334 g/mol. The largest absolute Gasteiger partial charge is 0.378 e. The Kier molecular flexibility index (Phi) is 4.66. The summed E-state index contributed by atoms with van der Waals surface area (Å²) in [4.78, 5) is 22.8. The van der Waals surface area contributed by atoms with E-state index in [-0.39, 0.29) is 11.4 Å². The van der Waals surface area contributed by atoms with E-state index in [2.05, 4.69) is 15.3 Å². The Morgan fingerprint density at radius 1 is 1.21 bits per heavy atom. The Balaban J connectivity index is 1.82. The Bertz CT molecular complexity index is 764. The minimum absolute atomic E-state index is 0.106. The van der Waals surface area contributed by atoms with Crippen LogP contribution in [0.25, 0.3) is 0 Å². The topological polar surface area (TPSA) is 67.4 Å². The van der Waals surface area contributed by atoms with Crippen molar-refractivity contribution in [2.75, 3.05) is 36.5 Å². The van der Waals surface area contributed by atoms with Crippen LogP contribution in [-0.2, 0) is 4.74 Å². The minimum Gasteiger partial charge on any atom is -0.378 e. The molecule has 2 aromatic rings. The van der Waals surface area contributed by atoms with Gasteiger partial charge in [0.2, 0.25) is 0 Å². The fraction of sp³-hybridized carbons (Fsp3) is 0.312. The number of morpholine rings is 1. The van der Waals surface area contributed by atoms with Crippen molar-refractivity contribution >= 4 is 17.4 Å². The summed E-state index contributed by atoms with van der Waals surface area (Å²) in [7, 11) is 0. The van der Waals surface area contributed by atoms with Gasteiger partial charge in [0.25, 0.3) is 5.91 Å². The van der Waals surface area contributed by atoms with E-state index in [0.717, 1.165) is 6.07 Å². The number of hydrogen-bond donors (Lipinski definition) is 1. The summed E-state index contributed by atoms with van der Waals surface area (Å²) < 4.78 is 31.9. The summed E-state index contributed by atoms with van der Waals surface area (Å²) >= 11 is 0. The molecule has 0 spiro atoms. The number of anilines is 2. The van der Waals surface area contributed by atoms with Crippen LogP contribution in [0.2, 0.25) is 0 Å². The molecule has 1 aromatic carbocycles. The van der Waals surface area contributed by atoms with Crippen molar-refractivity contribution in [3.63, 3.8) is 0 Å². The number of nitrogens with zero attached hydrogens (tertiary/aromatic N) is 3. The molecule has 126 valence electrons. The number of aryl methyl sites for hydroxylation is 1. The molecule has 1 fully saturated rings. The molecule has 2 heterocycles. The van der Waals surface area contributed by atoms with Crippen molar-refractivity contribution in [3.8, 4) is 0 Å².